The van der Waals surface area contributed by atoms with Crippen molar-refractivity contribution in [2.75, 3.05) is 79.3 Å². The Bertz CT molecular complexity index is 1600. The first-order valence-corrected chi connectivity index (χ1v) is 28.1. The molecule has 0 N–H and O–H groups in total. The van der Waals surface area contributed by atoms with Crippen LogP contribution in [0.5, 0.6) is 0 Å². The van der Waals surface area contributed by atoms with Crippen molar-refractivity contribution in [1.82, 2.24) is 0 Å². The van der Waals surface area contributed by atoms with Crippen molar-refractivity contribution >= 4 is 35.8 Å². The lowest BCUT2D eigenvalue weighted by Gasteiger charge is -2.28. The number of rotatable bonds is 24. The second kappa shape index (κ2) is 37.4. The van der Waals surface area contributed by atoms with Crippen LogP contribution in [-0.4, -0.2) is 152 Å². The van der Waals surface area contributed by atoms with Gasteiger partial charge in [-0.25, -0.2) is 0 Å². The zero-order chi connectivity index (χ0) is 56.6. The van der Waals surface area contributed by atoms with Gasteiger partial charge in [0.05, 0.1) is 71.6 Å². The smallest absolute Gasteiger partial charge is 0.311 e. The van der Waals surface area contributed by atoms with Crippen LogP contribution in [0.2, 0.25) is 0 Å². The highest BCUT2D eigenvalue weighted by Crippen LogP contribution is 2.25. The summed E-state index contributed by atoms with van der Waals surface area (Å²) in [5, 5.41) is 0. The molecule has 0 saturated carbocycles. The molecule has 0 aromatic heterocycles. The van der Waals surface area contributed by atoms with Gasteiger partial charge in [-0.15, -0.1) is 0 Å². The lowest BCUT2D eigenvalue weighted by atomic mass is 9.91. The van der Waals surface area contributed by atoms with Crippen LogP contribution < -0.4 is 0 Å². The summed E-state index contributed by atoms with van der Waals surface area (Å²) in [5.74, 6) is -0.615. The third-order valence-corrected chi connectivity index (χ3v) is 14.2. The minimum Gasteiger partial charge on any atom is -0.463 e. The molecule has 0 aromatic carbocycles. The maximum atomic E-state index is 11.6. The van der Waals surface area contributed by atoms with Crippen molar-refractivity contribution in [3.63, 3.8) is 0 Å². The van der Waals surface area contributed by atoms with Crippen LogP contribution in [-0.2, 0) is 85.6 Å². The maximum absolute atomic E-state index is 11.6. The molecule has 18 heteroatoms. The van der Waals surface area contributed by atoms with Crippen LogP contribution >= 0.6 is 0 Å². The third-order valence-electron chi connectivity index (χ3n) is 14.2. The molecule has 9 atom stereocenters. The normalized spacial score (nSPS) is 23.2. The van der Waals surface area contributed by atoms with E-state index in [2.05, 4.69) is 0 Å². The second-order valence-corrected chi connectivity index (χ2v) is 22.1. The summed E-state index contributed by atoms with van der Waals surface area (Å²) in [6.45, 7) is 36.2. The van der Waals surface area contributed by atoms with E-state index in [0.717, 1.165) is 117 Å². The standard InChI is InChI=1S/C11H20O3.2C10H18O3.2C9H16O3.C8H14O3/c1-4-11(2,3)10(12)14-8-9-6-5-7-13-9;1-4-10(2,3)9(11)13-7-8-5-6-12-8;1-3-8(2)10(11)13-7-9-5-4-6-12-9;1-4-9(2,3)8(10)12-6-7-5-11-7;1-3-7(2)9(10)12-6-8-4-5-11-8;1-3-6(2)8(9)11-5-7-4-10-7/h9H,4-8H2,1-3H3;8H,4-7H2,1-3H3;8-9H,3-7H2,1-2H3;7H,4-6H2,1-3H3;7-8H,3-6H2,1-2H3;6-7H,3-5H2,1-2H3. The summed E-state index contributed by atoms with van der Waals surface area (Å²) in [4.78, 5) is 67.8. The Hall–Kier alpha value is -3.42. The van der Waals surface area contributed by atoms with E-state index >= 15 is 0 Å². The molecule has 9 unspecified atom stereocenters. The van der Waals surface area contributed by atoms with E-state index < -0.39 is 0 Å². The number of carbonyl (C=O) groups excluding carboxylic acids is 6. The van der Waals surface area contributed by atoms with Crippen molar-refractivity contribution in [1.29, 1.82) is 0 Å². The van der Waals surface area contributed by atoms with E-state index in [0.29, 0.717) is 39.6 Å². The lowest BCUT2D eigenvalue weighted by molar-refractivity contribution is -0.164. The highest BCUT2D eigenvalue weighted by atomic mass is 16.6. The molecular weight excluding hydrogens is 973 g/mol. The largest absolute Gasteiger partial charge is 0.463 e. The van der Waals surface area contributed by atoms with Gasteiger partial charge in [0.15, 0.2) is 0 Å². The minimum atomic E-state index is -0.362. The summed E-state index contributed by atoms with van der Waals surface area (Å²) < 4.78 is 61.3. The first kappa shape index (κ1) is 69.6. The van der Waals surface area contributed by atoms with Gasteiger partial charge in [-0.1, -0.05) is 62.3 Å². The van der Waals surface area contributed by atoms with Crippen molar-refractivity contribution < 1.29 is 85.6 Å². The Balaban J connectivity index is 0.000000451. The van der Waals surface area contributed by atoms with Crippen molar-refractivity contribution in [2.45, 2.75) is 218 Å². The van der Waals surface area contributed by atoms with Crippen LogP contribution in [0.25, 0.3) is 0 Å². The molecule has 6 aliphatic rings. The van der Waals surface area contributed by atoms with Crippen molar-refractivity contribution in [3.8, 4) is 0 Å². The highest BCUT2D eigenvalue weighted by Gasteiger charge is 2.32. The summed E-state index contributed by atoms with van der Waals surface area (Å²) in [5.41, 5.74) is -1.07. The molecule has 6 aliphatic heterocycles. The molecule has 18 nitrogen and oxygen atoms in total. The topological polar surface area (TPSA) is 220 Å². The zero-order valence-electron chi connectivity index (χ0n) is 49.0. The molecule has 0 radical (unpaired) electrons. The van der Waals surface area contributed by atoms with Crippen molar-refractivity contribution in [3.05, 3.63) is 0 Å². The Morgan fingerprint density at radius 2 is 0.600 bits per heavy atom. The summed E-state index contributed by atoms with van der Waals surface area (Å²) in [6, 6.07) is 0. The van der Waals surface area contributed by atoms with E-state index in [1.165, 1.54) is 0 Å². The van der Waals surface area contributed by atoms with Gasteiger partial charge in [-0.3, -0.25) is 28.8 Å². The lowest BCUT2D eigenvalue weighted by Crippen LogP contribution is -2.35. The molecule has 6 saturated heterocycles. The molecule has 6 fully saturated rings. The molecule has 0 bridgehead atoms. The van der Waals surface area contributed by atoms with Crippen LogP contribution in [0.1, 0.15) is 181 Å². The number of hydrogen-bond acceptors (Lipinski definition) is 18. The predicted molar refractivity (Wildman–Crippen MR) is 282 cm³/mol. The molecule has 0 aliphatic carbocycles. The van der Waals surface area contributed by atoms with Gasteiger partial charge in [0, 0.05) is 39.3 Å². The third kappa shape index (κ3) is 30.9. The Kier molecular flexibility index (Phi) is 34.7. The van der Waals surface area contributed by atoms with Crippen molar-refractivity contribution in [2.24, 2.45) is 34.0 Å². The summed E-state index contributed by atoms with van der Waals surface area (Å²) >= 11 is 0. The molecule has 6 rings (SSSR count). The van der Waals surface area contributed by atoms with Crippen LogP contribution in [0.15, 0.2) is 0 Å². The van der Waals surface area contributed by atoms with Crippen LogP contribution in [0.3, 0.4) is 0 Å². The highest BCUT2D eigenvalue weighted by molar-refractivity contribution is 5.77. The molecule has 0 aromatic rings. The van der Waals surface area contributed by atoms with Gasteiger partial charge in [-0.2, -0.15) is 0 Å². The molecule has 0 amide bonds. The van der Waals surface area contributed by atoms with E-state index in [1.807, 2.05) is 104 Å². The number of epoxide rings is 2. The SMILES string of the molecule is CCC(C)(C)C(=O)OCC1CCCO1.CCC(C)(C)C(=O)OCC1CCO1.CCC(C)(C)C(=O)OCC1CO1.CCC(C)C(=O)OCC1CCCO1.CCC(C)C(=O)OCC1CCO1.CCC(C)C(=O)OCC1CO1. The van der Waals surface area contributed by atoms with Gasteiger partial charge in [-0.05, 0) is 106 Å². The van der Waals surface area contributed by atoms with Gasteiger partial charge in [0.2, 0.25) is 0 Å². The fraction of sp³-hybridized carbons (Fsp3) is 0.895. The molecule has 438 valence electrons. The molecule has 6 heterocycles. The molecule has 75 heavy (non-hydrogen) atoms. The second-order valence-electron chi connectivity index (χ2n) is 22.1. The Labute approximate surface area is 451 Å². The number of ether oxygens (including phenoxy) is 12. The van der Waals surface area contributed by atoms with Gasteiger partial charge >= 0.3 is 35.8 Å². The van der Waals surface area contributed by atoms with Crippen LogP contribution in [0.4, 0.5) is 0 Å². The van der Waals surface area contributed by atoms with E-state index in [-0.39, 0.29) is 106 Å². The number of esters is 6. The van der Waals surface area contributed by atoms with E-state index in [4.69, 9.17) is 56.8 Å². The van der Waals surface area contributed by atoms with E-state index in [9.17, 15) is 28.8 Å². The average molecular weight is 1080 g/mol. The minimum absolute atomic E-state index is 0.0152. The Morgan fingerprint density at radius 3 is 0.800 bits per heavy atom. The maximum Gasteiger partial charge on any atom is 0.311 e. The summed E-state index contributed by atoms with van der Waals surface area (Å²) in [6.07, 6.45) is 12.1. The Morgan fingerprint density at radius 1 is 0.373 bits per heavy atom. The van der Waals surface area contributed by atoms with Gasteiger partial charge in [0.1, 0.15) is 51.8 Å². The average Bonchev–Trinajstić information content (AvgIpc) is 4.28. The first-order chi connectivity index (χ1) is 35.4. The fourth-order valence-corrected chi connectivity index (χ4v) is 5.69. The number of hydrogen-bond donors (Lipinski definition) is 0. The van der Waals surface area contributed by atoms with Crippen LogP contribution in [0, 0.1) is 34.0 Å². The predicted octanol–water partition coefficient (Wildman–Crippen LogP) is 9.36. The summed E-state index contributed by atoms with van der Waals surface area (Å²) in [7, 11) is 0. The first-order valence-electron chi connectivity index (χ1n) is 28.1. The molecular formula is C57H102O18. The monoisotopic (exact) mass is 1070 g/mol. The van der Waals surface area contributed by atoms with E-state index in [1.54, 1.807) is 0 Å². The molecule has 0 spiro atoms. The zero-order valence-corrected chi connectivity index (χ0v) is 49.0. The fourth-order valence-electron chi connectivity index (χ4n) is 5.69. The van der Waals surface area contributed by atoms with Gasteiger partial charge < -0.3 is 56.8 Å². The van der Waals surface area contributed by atoms with Gasteiger partial charge in [0.25, 0.3) is 0 Å². The quantitative estimate of drug-likeness (QED) is 0.0499. The number of carbonyl (C=O) groups is 6.